The van der Waals surface area contributed by atoms with Gasteiger partial charge in [-0.3, -0.25) is 14.2 Å². The lowest BCUT2D eigenvalue weighted by molar-refractivity contribution is -0.118. The molecule has 1 heterocycles. The first-order valence-electron chi connectivity index (χ1n) is 11.4. The molecule has 3 aromatic carbocycles. The van der Waals surface area contributed by atoms with Crippen LogP contribution in [0.1, 0.15) is 37.5 Å². The molecule has 6 nitrogen and oxygen atoms in total. The van der Waals surface area contributed by atoms with Crippen molar-refractivity contribution in [2.45, 2.75) is 38.3 Å². The number of carbonyl (C=O) groups excluding carboxylic acids is 1. The average Bonchev–Trinajstić information content (AvgIpc) is 2.83. The second-order valence-corrected chi connectivity index (χ2v) is 10.3. The fourth-order valence-electron chi connectivity index (χ4n) is 3.54. The first kappa shape index (κ1) is 24.4. The summed E-state index contributed by atoms with van der Waals surface area (Å²) >= 11 is 1.20. The number of para-hydroxylation sites is 1. The molecule has 1 aromatic heterocycles. The van der Waals surface area contributed by atoms with Gasteiger partial charge in [-0.1, -0.05) is 86.6 Å². The average molecular weight is 485 g/mol. The van der Waals surface area contributed by atoms with E-state index in [4.69, 9.17) is 0 Å². The van der Waals surface area contributed by atoms with Crippen LogP contribution in [0.2, 0.25) is 0 Å². The molecule has 0 unspecified atom stereocenters. The zero-order chi connectivity index (χ0) is 25.0. The third-order valence-electron chi connectivity index (χ3n) is 5.55. The van der Waals surface area contributed by atoms with Crippen LogP contribution in [0.5, 0.6) is 0 Å². The Bertz CT molecular complexity index is 1430. The lowest BCUT2D eigenvalue weighted by Gasteiger charge is -2.18. The Balaban J connectivity index is 1.50. The van der Waals surface area contributed by atoms with Crippen molar-refractivity contribution < 1.29 is 4.79 Å². The number of aromatic nitrogens is 2. The third-order valence-corrected chi connectivity index (χ3v) is 6.49. The van der Waals surface area contributed by atoms with Gasteiger partial charge in [-0.15, -0.1) is 0 Å². The Morgan fingerprint density at radius 1 is 1.03 bits per heavy atom. The lowest BCUT2D eigenvalue weighted by Crippen LogP contribution is -2.24. The van der Waals surface area contributed by atoms with E-state index >= 15 is 0 Å². The fourth-order valence-corrected chi connectivity index (χ4v) is 4.35. The predicted molar refractivity (Wildman–Crippen MR) is 144 cm³/mol. The molecule has 7 heteroatoms. The van der Waals surface area contributed by atoms with Gasteiger partial charge in [0.1, 0.15) is 0 Å². The highest BCUT2D eigenvalue weighted by Gasteiger charge is 2.15. The van der Waals surface area contributed by atoms with Crippen molar-refractivity contribution in [2.24, 2.45) is 5.10 Å². The van der Waals surface area contributed by atoms with Gasteiger partial charge in [-0.05, 0) is 47.7 Å². The predicted octanol–water partition coefficient (Wildman–Crippen LogP) is 5.23. The highest BCUT2D eigenvalue weighted by Crippen LogP contribution is 2.23. The number of hydrogen-bond acceptors (Lipinski definition) is 5. The lowest BCUT2D eigenvalue weighted by atomic mass is 9.87. The second kappa shape index (κ2) is 10.3. The quantitative estimate of drug-likeness (QED) is 0.176. The molecule has 0 saturated carbocycles. The number of aryl methyl sites for hydroxylation is 1. The standard InChI is InChI=1S/C28H28N4O2S/c1-19-9-15-22(16-10-19)32-26(34)23-7-5-6-8-24(23)30-27(32)35-18-25(33)31-29-17-20-11-13-21(14-12-20)28(2,3)4/h5-17H,18H2,1-4H3,(H,31,33). The molecule has 4 aromatic rings. The first-order chi connectivity index (χ1) is 16.7. The number of hydrogen-bond donors (Lipinski definition) is 1. The Morgan fingerprint density at radius 3 is 2.40 bits per heavy atom. The largest absolute Gasteiger partial charge is 0.272 e. The summed E-state index contributed by atoms with van der Waals surface area (Å²) in [4.78, 5) is 30.4. The second-order valence-electron chi connectivity index (χ2n) is 9.34. The molecule has 0 aliphatic heterocycles. The molecule has 0 radical (unpaired) electrons. The molecule has 178 valence electrons. The van der Waals surface area contributed by atoms with Gasteiger partial charge in [0, 0.05) is 0 Å². The number of nitrogens with zero attached hydrogens (tertiary/aromatic N) is 3. The van der Waals surface area contributed by atoms with Crippen LogP contribution in [0.15, 0.2) is 87.8 Å². The van der Waals surface area contributed by atoms with Crippen LogP contribution in [0, 0.1) is 6.92 Å². The number of benzene rings is 3. The molecule has 0 bridgehead atoms. The van der Waals surface area contributed by atoms with E-state index in [0.717, 1.165) is 11.1 Å². The summed E-state index contributed by atoms with van der Waals surface area (Å²) in [6.07, 6.45) is 1.62. The van der Waals surface area contributed by atoms with Crippen molar-refractivity contribution in [3.05, 3.63) is 99.8 Å². The summed E-state index contributed by atoms with van der Waals surface area (Å²) < 4.78 is 1.56. The SMILES string of the molecule is Cc1ccc(-n2c(SCC(=O)NN=Cc3ccc(C(C)(C)C)cc3)nc3ccccc3c2=O)cc1. The summed E-state index contributed by atoms with van der Waals surface area (Å²) in [6.45, 7) is 8.48. The number of nitrogens with one attached hydrogen (secondary N) is 1. The molecule has 0 saturated heterocycles. The number of rotatable bonds is 6. The van der Waals surface area contributed by atoms with Crippen LogP contribution >= 0.6 is 11.8 Å². The zero-order valence-corrected chi connectivity index (χ0v) is 21.1. The van der Waals surface area contributed by atoms with Crippen molar-refractivity contribution in [1.82, 2.24) is 15.0 Å². The minimum atomic E-state index is -0.282. The highest BCUT2D eigenvalue weighted by molar-refractivity contribution is 7.99. The van der Waals surface area contributed by atoms with E-state index in [1.54, 1.807) is 22.9 Å². The number of fused-ring (bicyclic) bond motifs is 1. The van der Waals surface area contributed by atoms with E-state index in [0.29, 0.717) is 21.7 Å². The van der Waals surface area contributed by atoms with Crippen molar-refractivity contribution in [1.29, 1.82) is 0 Å². The zero-order valence-electron chi connectivity index (χ0n) is 20.3. The molecule has 1 N–H and O–H groups in total. The van der Waals surface area contributed by atoms with E-state index in [1.807, 2.05) is 55.5 Å². The summed E-state index contributed by atoms with van der Waals surface area (Å²) in [6, 6.07) is 23.0. The monoisotopic (exact) mass is 484 g/mol. The van der Waals surface area contributed by atoms with Gasteiger partial charge < -0.3 is 0 Å². The van der Waals surface area contributed by atoms with E-state index in [2.05, 4.69) is 48.4 Å². The molecule has 0 aliphatic carbocycles. The molecule has 0 aliphatic rings. The summed E-state index contributed by atoms with van der Waals surface area (Å²) in [5.74, 6) is -0.216. The molecule has 0 fully saturated rings. The van der Waals surface area contributed by atoms with E-state index in [1.165, 1.54) is 17.3 Å². The van der Waals surface area contributed by atoms with Gasteiger partial charge in [-0.2, -0.15) is 5.10 Å². The molecule has 0 spiro atoms. The van der Waals surface area contributed by atoms with Crippen LogP contribution in [-0.4, -0.2) is 27.4 Å². The van der Waals surface area contributed by atoms with Crippen LogP contribution in [0.4, 0.5) is 0 Å². The summed E-state index contributed by atoms with van der Waals surface area (Å²) in [5.41, 5.74) is 7.00. The minimum Gasteiger partial charge on any atom is -0.272 e. The molecule has 4 rings (SSSR count). The minimum absolute atomic E-state index is 0.0664. The fraction of sp³-hybridized carbons (Fsp3) is 0.214. The van der Waals surface area contributed by atoms with Crippen molar-refractivity contribution in [3.8, 4) is 5.69 Å². The van der Waals surface area contributed by atoms with E-state index < -0.39 is 0 Å². The number of amides is 1. The number of hydrazone groups is 1. The number of thioether (sulfide) groups is 1. The summed E-state index contributed by atoms with van der Waals surface area (Å²) in [5, 5.41) is 5.06. The smallest absolute Gasteiger partial charge is 0.266 e. The van der Waals surface area contributed by atoms with Crippen LogP contribution in [0.25, 0.3) is 16.6 Å². The van der Waals surface area contributed by atoms with Crippen molar-refractivity contribution in [2.75, 3.05) is 5.75 Å². The van der Waals surface area contributed by atoms with Gasteiger partial charge >= 0.3 is 0 Å². The molecule has 1 amide bonds. The Morgan fingerprint density at radius 2 is 1.71 bits per heavy atom. The van der Waals surface area contributed by atoms with Crippen LogP contribution in [0.3, 0.4) is 0 Å². The maximum atomic E-state index is 13.3. The first-order valence-corrected chi connectivity index (χ1v) is 12.3. The highest BCUT2D eigenvalue weighted by atomic mass is 32.2. The Labute approximate surface area is 209 Å². The van der Waals surface area contributed by atoms with Crippen molar-refractivity contribution >= 4 is 34.8 Å². The molecular formula is C28H28N4O2S. The van der Waals surface area contributed by atoms with Gasteiger partial charge in [-0.25, -0.2) is 10.4 Å². The molecule has 35 heavy (non-hydrogen) atoms. The topological polar surface area (TPSA) is 76.3 Å². The van der Waals surface area contributed by atoms with Gasteiger partial charge in [0.15, 0.2) is 5.16 Å². The normalized spacial score (nSPS) is 11.8. The van der Waals surface area contributed by atoms with Gasteiger partial charge in [0.25, 0.3) is 11.5 Å². The Hall–Kier alpha value is -3.71. The maximum Gasteiger partial charge on any atom is 0.266 e. The maximum absolute atomic E-state index is 13.3. The van der Waals surface area contributed by atoms with Crippen LogP contribution in [-0.2, 0) is 10.2 Å². The van der Waals surface area contributed by atoms with Crippen LogP contribution < -0.4 is 11.0 Å². The Kier molecular flexibility index (Phi) is 7.17. The number of carbonyl (C=O) groups is 1. The van der Waals surface area contributed by atoms with E-state index in [9.17, 15) is 9.59 Å². The van der Waals surface area contributed by atoms with Crippen molar-refractivity contribution in [3.63, 3.8) is 0 Å². The molecular weight excluding hydrogens is 456 g/mol. The summed E-state index contributed by atoms with van der Waals surface area (Å²) in [7, 11) is 0. The van der Waals surface area contributed by atoms with Gasteiger partial charge in [0.05, 0.1) is 28.6 Å². The molecule has 0 atom stereocenters. The van der Waals surface area contributed by atoms with Gasteiger partial charge in [0.2, 0.25) is 0 Å². The van der Waals surface area contributed by atoms with E-state index in [-0.39, 0.29) is 22.6 Å². The third kappa shape index (κ3) is 5.87.